The molecule has 35 heavy (non-hydrogen) atoms. The second-order valence-electron chi connectivity index (χ2n) is 7.56. The first-order chi connectivity index (χ1) is 17.1. The molecule has 7 heteroatoms. The second kappa shape index (κ2) is 12.1. The lowest BCUT2D eigenvalue weighted by Gasteiger charge is -2.10. The van der Waals surface area contributed by atoms with Crippen LogP contribution in [0.5, 0.6) is 11.5 Å². The van der Waals surface area contributed by atoms with Crippen LogP contribution in [-0.4, -0.2) is 12.1 Å². The van der Waals surface area contributed by atoms with Crippen LogP contribution < -0.4 is 14.9 Å². The first kappa shape index (κ1) is 24.3. The topological polar surface area (TPSA) is 59.9 Å². The predicted molar refractivity (Wildman–Crippen MR) is 140 cm³/mol. The van der Waals surface area contributed by atoms with Crippen molar-refractivity contribution in [2.45, 2.75) is 13.2 Å². The van der Waals surface area contributed by atoms with Crippen LogP contribution in [0.3, 0.4) is 0 Å². The first-order valence-electron chi connectivity index (χ1n) is 10.8. The van der Waals surface area contributed by atoms with Gasteiger partial charge in [-0.15, -0.1) is 0 Å². The minimum absolute atomic E-state index is 0.323. The van der Waals surface area contributed by atoms with E-state index in [4.69, 9.17) is 32.7 Å². The third-order valence-corrected chi connectivity index (χ3v) is 5.69. The summed E-state index contributed by atoms with van der Waals surface area (Å²) in [5.74, 6) is 0.956. The molecule has 0 aliphatic heterocycles. The van der Waals surface area contributed by atoms with Crippen LogP contribution in [0.15, 0.2) is 102 Å². The molecule has 5 nitrogen and oxygen atoms in total. The summed E-state index contributed by atoms with van der Waals surface area (Å²) in [4.78, 5) is 12.5. The van der Waals surface area contributed by atoms with Gasteiger partial charge in [0.2, 0.25) is 0 Å². The Labute approximate surface area is 213 Å². The molecule has 0 saturated heterocycles. The van der Waals surface area contributed by atoms with Gasteiger partial charge >= 0.3 is 0 Å². The maximum atomic E-state index is 12.5. The molecule has 4 aromatic rings. The monoisotopic (exact) mass is 504 g/mol. The van der Waals surface area contributed by atoms with E-state index < -0.39 is 0 Å². The minimum atomic E-state index is -0.333. The van der Waals surface area contributed by atoms with E-state index in [1.807, 2.05) is 72.8 Å². The summed E-state index contributed by atoms with van der Waals surface area (Å²) < 4.78 is 11.7. The molecule has 0 fully saturated rings. The zero-order valence-corrected chi connectivity index (χ0v) is 20.2. The highest BCUT2D eigenvalue weighted by Crippen LogP contribution is 2.21. The number of hydrogen-bond acceptors (Lipinski definition) is 4. The molecular weight excluding hydrogens is 483 g/mol. The lowest BCUT2D eigenvalue weighted by atomic mass is 10.2. The van der Waals surface area contributed by atoms with Gasteiger partial charge in [0.25, 0.3) is 5.91 Å². The molecule has 0 aliphatic carbocycles. The Hall–Kier alpha value is -3.80. The fourth-order valence-corrected chi connectivity index (χ4v) is 3.48. The van der Waals surface area contributed by atoms with Crippen molar-refractivity contribution in [1.29, 1.82) is 0 Å². The van der Waals surface area contributed by atoms with E-state index in [2.05, 4.69) is 10.5 Å². The molecule has 0 spiro atoms. The normalized spacial score (nSPS) is 10.8. The van der Waals surface area contributed by atoms with Gasteiger partial charge in [-0.1, -0.05) is 65.7 Å². The van der Waals surface area contributed by atoms with Gasteiger partial charge in [0.15, 0.2) is 0 Å². The third-order valence-electron chi connectivity index (χ3n) is 5.07. The van der Waals surface area contributed by atoms with E-state index in [0.717, 1.165) is 16.7 Å². The number of halogens is 2. The molecule has 1 N–H and O–H groups in total. The highest BCUT2D eigenvalue weighted by atomic mass is 35.5. The number of rotatable bonds is 9. The number of nitrogens with zero attached hydrogens (tertiary/aromatic N) is 1. The molecule has 0 saturated carbocycles. The lowest BCUT2D eigenvalue weighted by Crippen LogP contribution is -2.17. The molecule has 0 heterocycles. The predicted octanol–water partition coefficient (Wildman–Crippen LogP) is 6.92. The van der Waals surface area contributed by atoms with Crippen molar-refractivity contribution in [3.63, 3.8) is 0 Å². The molecule has 0 aromatic heterocycles. The number of amides is 1. The largest absolute Gasteiger partial charge is 0.489 e. The Morgan fingerprint density at radius 3 is 2.29 bits per heavy atom. The number of nitrogens with one attached hydrogen (secondary N) is 1. The molecule has 1 amide bonds. The fraction of sp³-hybridized carbons (Fsp3) is 0.0714. The van der Waals surface area contributed by atoms with Gasteiger partial charge in [0.05, 0.1) is 6.21 Å². The summed E-state index contributed by atoms with van der Waals surface area (Å²) >= 11 is 12.1. The first-order valence-corrected chi connectivity index (χ1v) is 11.6. The van der Waals surface area contributed by atoms with E-state index in [1.54, 1.807) is 30.5 Å². The molecule has 0 radical (unpaired) electrons. The van der Waals surface area contributed by atoms with Gasteiger partial charge < -0.3 is 9.47 Å². The Balaban J connectivity index is 1.31. The lowest BCUT2D eigenvalue weighted by molar-refractivity contribution is 0.0955. The number of carbonyl (C=O) groups is 1. The average molecular weight is 505 g/mol. The summed E-state index contributed by atoms with van der Waals surface area (Å²) in [6.07, 6.45) is 1.55. The highest BCUT2D eigenvalue weighted by molar-refractivity contribution is 6.31. The van der Waals surface area contributed by atoms with Crippen LogP contribution >= 0.6 is 23.2 Å². The van der Waals surface area contributed by atoms with Crippen molar-refractivity contribution in [3.8, 4) is 11.5 Å². The Morgan fingerprint density at radius 1 is 0.800 bits per heavy atom. The molecule has 0 aliphatic rings. The van der Waals surface area contributed by atoms with Crippen molar-refractivity contribution in [2.75, 3.05) is 0 Å². The van der Waals surface area contributed by atoms with Crippen molar-refractivity contribution < 1.29 is 14.3 Å². The smallest absolute Gasteiger partial charge is 0.271 e. The van der Waals surface area contributed by atoms with Crippen LogP contribution in [0.2, 0.25) is 10.0 Å². The maximum absolute atomic E-state index is 12.5. The molecule has 0 unspecified atom stereocenters. The van der Waals surface area contributed by atoms with E-state index in [1.165, 1.54) is 0 Å². The third kappa shape index (κ3) is 7.09. The summed E-state index contributed by atoms with van der Waals surface area (Å²) in [6, 6.07) is 29.2. The van der Waals surface area contributed by atoms with Crippen molar-refractivity contribution >= 4 is 35.3 Å². The zero-order valence-electron chi connectivity index (χ0n) is 18.7. The number of benzene rings is 4. The number of hydrazone groups is 1. The van der Waals surface area contributed by atoms with E-state index >= 15 is 0 Å². The highest BCUT2D eigenvalue weighted by Gasteiger charge is 2.07. The number of para-hydroxylation sites is 1. The second-order valence-corrected chi connectivity index (χ2v) is 8.40. The van der Waals surface area contributed by atoms with E-state index in [-0.39, 0.29) is 5.91 Å². The van der Waals surface area contributed by atoms with Gasteiger partial charge in [-0.2, -0.15) is 5.10 Å². The van der Waals surface area contributed by atoms with Crippen LogP contribution in [0.1, 0.15) is 27.0 Å². The number of carbonyl (C=O) groups excluding carboxylic acids is 1. The van der Waals surface area contributed by atoms with Gasteiger partial charge in [-0.3, -0.25) is 4.79 Å². The van der Waals surface area contributed by atoms with Gasteiger partial charge in [0.1, 0.15) is 24.7 Å². The van der Waals surface area contributed by atoms with E-state index in [9.17, 15) is 4.79 Å². The molecule has 0 bridgehead atoms. The summed E-state index contributed by atoms with van der Waals surface area (Å²) in [5, 5.41) is 5.41. The molecule has 0 atom stereocenters. The molecular formula is C28H22Cl2N2O3. The minimum Gasteiger partial charge on any atom is -0.489 e. The Morgan fingerprint density at radius 2 is 1.51 bits per heavy atom. The number of ether oxygens (including phenoxy) is 2. The zero-order chi connectivity index (χ0) is 24.5. The molecule has 176 valence electrons. The maximum Gasteiger partial charge on any atom is 0.271 e. The molecule has 4 rings (SSSR count). The van der Waals surface area contributed by atoms with Crippen LogP contribution in [0.25, 0.3) is 0 Å². The average Bonchev–Trinajstić information content (AvgIpc) is 2.89. The molecule has 4 aromatic carbocycles. The van der Waals surface area contributed by atoms with Gasteiger partial charge in [-0.05, 0) is 60.2 Å². The van der Waals surface area contributed by atoms with Gasteiger partial charge in [0, 0.05) is 26.7 Å². The van der Waals surface area contributed by atoms with Crippen molar-refractivity contribution in [3.05, 3.63) is 129 Å². The van der Waals surface area contributed by atoms with Crippen LogP contribution in [-0.2, 0) is 13.2 Å². The quantitative estimate of drug-likeness (QED) is 0.199. The summed E-state index contributed by atoms with van der Waals surface area (Å²) in [7, 11) is 0. The van der Waals surface area contributed by atoms with Gasteiger partial charge in [-0.25, -0.2) is 5.43 Å². The summed E-state index contributed by atoms with van der Waals surface area (Å²) in [5.41, 5.74) is 5.62. The standard InChI is InChI=1S/C28H22Cl2N2O3/c29-24-13-9-20(10-14-24)18-34-25-15-11-21(12-16-25)28(33)32-31-17-22-5-2-4-8-27(22)35-19-23-6-1-3-7-26(23)30/h1-17H,18-19H2,(H,32,33)/b31-17-. The Bertz CT molecular complexity index is 1310. The van der Waals surface area contributed by atoms with Crippen molar-refractivity contribution in [2.24, 2.45) is 5.10 Å². The summed E-state index contributed by atoms with van der Waals surface area (Å²) in [6.45, 7) is 0.730. The van der Waals surface area contributed by atoms with Crippen LogP contribution in [0, 0.1) is 0 Å². The fourth-order valence-electron chi connectivity index (χ4n) is 3.16. The van der Waals surface area contributed by atoms with Crippen molar-refractivity contribution in [1.82, 2.24) is 5.43 Å². The van der Waals surface area contributed by atoms with E-state index in [0.29, 0.717) is 40.3 Å². The van der Waals surface area contributed by atoms with Crippen LogP contribution in [0.4, 0.5) is 0 Å². The Kier molecular flexibility index (Phi) is 8.39. The SMILES string of the molecule is O=C(N/N=C\c1ccccc1OCc1ccccc1Cl)c1ccc(OCc2ccc(Cl)cc2)cc1. The number of hydrogen-bond donors (Lipinski definition) is 1.